The van der Waals surface area contributed by atoms with E-state index in [2.05, 4.69) is 60.0 Å². The molecule has 0 N–H and O–H groups in total. The van der Waals surface area contributed by atoms with Gasteiger partial charge in [0, 0.05) is 22.4 Å². The van der Waals surface area contributed by atoms with Crippen molar-refractivity contribution in [3.05, 3.63) is 121 Å². The summed E-state index contributed by atoms with van der Waals surface area (Å²) in [6.07, 6.45) is 0. The lowest BCUT2D eigenvalue weighted by molar-refractivity contribution is 0.628. The number of hydrogen-bond donors (Lipinski definition) is 0. The Morgan fingerprint density at radius 1 is 0.613 bits per heavy atom. The first-order valence-corrected chi connectivity index (χ1v) is 10.3. The molecule has 3 heteroatoms. The number of benzene rings is 4. The molecule has 5 rings (SSSR count). The van der Waals surface area contributed by atoms with Crippen molar-refractivity contribution < 1.29 is 4.39 Å². The average molecular weight is 404 g/mol. The van der Waals surface area contributed by atoms with Crippen molar-refractivity contribution in [2.45, 2.75) is 6.92 Å². The maximum Gasteiger partial charge on any atom is 0.145 e. The number of aromatic nitrogens is 2. The Labute approximate surface area is 181 Å². The van der Waals surface area contributed by atoms with Gasteiger partial charge < -0.3 is 0 Å². The van der Waals surface area contributed by atoms with Gasteiger partial charge in [-0.2, -0.15) is 0 Å². The lowest BCUT2D eigenvalue weighted by Crippen LogP contribution is -2.00. The lowest BCUT2D eigenvalue weighted by atomic mass is 10.0. The second-order valence-electron chi connectivity index (χ2n) is 7.54. The molecule has 4 aromatic carbocycles. The van der Waals surface area contributed by atoms with E-state index < -0.39 is 0 Å². The van der Waals surface area contributed by atoms with Crippen LogP contribution < -0.4 is 0 Å². The maximum atomic E-state index is 13.7. The molecule has 0 unspecified atom stereocenters. The lowest BCUT2D eigenvalue weighted by Gasteiger charge is -2.14. The minimum absolute atomic E-state index is 0.260. The molecule has 2 nitrogen and oxygen atoms in total. The number of hydrogen-bond acceptors (Lipinski definition) is 1. The monoisotopic (exact) mass is 404 g/mol. The fourth-order valence-corrected chi connectivity index (χ4v) is 3.82. The SMILES string of the molecule is Cc1ccc(-n2c(-c3ccc(F)cc3)nc(-c3ccccc3)c2-c2ccccc2)cc1. The highest BCUT2D eigenvalue weighted by Gasteiger charge is 2.22. The molecule has 0 aliphatic carbocycles. The first kappa shape index (κ1) is 19.0. The van der Waals surface area contributed by atoms with Gasteiger partial charge in [0.2, 0.25) is 0 Å². The highest BCUT2D eigenvalue weighted by molar-refractivity contribution is 5.84. The Balaban J connectivity index is 1.87. The van der Waals surface area contributed by atoms with Crippen molar-refractivity contribution in [1.29, 1.82) is 0 Å². The summed E-state index contributed by atoms with van der Waals surface area (Å²) in [6, 6.07) is 35.4. The van der Waals surface area contributed by atoms with Gasteiger partial charge in [-0.1, -0.05) is 78.4 Å². The summed E-state index contributed by atoms with van der Waals surface area (Å²) < 4.78 is 15.8. The second-order valence-corrected chi connectivity index (χ2v) is 7.54. The van der Waals surface area contributed by atoms with Gasteiger partial charge in [0.25, 0.3) is 0 Å². The zero-order valence-corrected chi connectivity index (χ0v) is 17.2. The smallest absolute Gasteiger partial charge is 0.145 e. The third-order valence-electron chi connectivity index (χ3n) is 5.37. The number of nitrogens with zero attached hydrogens (tertiary/aromatic N) is 2. The van der Waals surface area contributed by atoms with Crippen LogP contribution >= 0.6 is 0 Å². The molecular weight excluding hydrogens is 383 g/mol. The minimum atomic E-state index is -0.260. The van der Waals surface area contributed by atoms with Gasteiger partial charge in [-0.15, -0.1) is 0 Å². The Morgan fingerprint density at radius 3 is 1.81 bits per heavy atom. The van der Waals surface area contributed by atoms with E-state index in [1.165, 1.54) is 17.7 Å². The summed E-state index contributed by atoms with van der Waals surface area (Å²) in [4.78, 5) is 5.10. The predicted octanol–water partition coefficient (Wildman–Crippen LogP) is 7.32. The Bertz CT molecular complexity index is 1300. The molecule has 5 aromatic rings. The standard InChI is InChI=1S/C28H21FN2/c1-20-12-18-25(19-13-20)31-27(22-10-6-3-7-11-22)26(21-8-4-2-5-9-21)30-28(31)23-14-16-24(29)17-15-23/h2-19H,1H3. The van der Waals surface area contributed by atoms with Gasteiger partial charge in [-0.3, -0.25) is 4.57 Å². The number of imidazole rings is 1. The highest BCUT2D eigenvalue weighted by atomic mass is 19.1. The molecule has 1 aromatic heterocycles. The van der Waals surface area contributed by atoms with E-state index in [1.807, 2.05) is 36.4 Å². The van der Waals surface area contributed by atoms with Crippen LogP contribution in [0, 0.1) is 12.7 Å². The topological polar surface area (TPSA) is 17.8 Å². The molecule has 0 radical (unpaired) electrons. The highest BCUT2D eigenvalue weighted by Crippen LogP contribution is 2.38. The van der Waals surface area contributed by atoms with Crippen LogP contribution in [0.2, 0.25) is 0 Å². The van der Waals surface area contributed by atoms with E-state index in [0.717, 1.165) is 39.6 Å². The van der Waals surface area contributed by atoms with Crippen molar-refractivity contribution in [3.63, 3.8) is 0 Å². The maximum absolute atomic E-state index is 13.7. The molecule has 0 amide bonds. The van der Waals surface area contributed by atoms with Crippen LogP contribution in [-0.2, 0) is 0 Å². The predicted molar refractivity (Wildman–Crippen MR) is 125 cm³/mol. The van der Waals surface area contributed by atoms with Crippen LogP contribution in [0.5, 0.6) is 0 Å². The van der Waals surface area contributed by atoms with Gasteiger partial charge in [0.1, 0.15) is 11.6 Å². The van der Waals surface area contributed by atoms with Gasteiger partial charge in [0.05, 0.1) is 11.4 Å². The fraction of sp³-hybridized carbons (Fsp3) is 0.0357. The van der Waals surface area contributed by atoms with Gasteiger partial charge in [-0.25, -0.2) is 9.37 Å². The van der Waals surface area contributed by atoms with E-state index >= 15 is 0 Å². The average Bonchev–Trinajstić information content (AvgIpc) is 3.22. The summed E-state index contributed by atoms with van der Waals surface area (Å²) in [5.74, 6) is 0.519. The molecule has 31 heavy (non-hydrogen) atoms. The number of halogens is 1. The van der Waals surface area contributed by atoms with Gasteiger partial charge in [0.15, 0.2) is 0 Å². The van der Waals surface area contributed by atoms with Crippen LogP contribution in [0.25, 0.3) is 39.6 Å². The van der Waals surface area contributed by atoms with Crippen molar-refractivity contribution >= 4 is 0 Å². The Hall–Kier alpha value is -3.98. The number of rotatable bonds is 4. The summed E-state index contributed by atoms with van der Waals surface area (Å²) in [6.45, 7) is 2.08. The molecule has 1 heterocycles. The van der Waals surface area contributed by atoms with Crippen molar-refractivity contribution in [1.82, 2.24) is 9.55 Å². The zero-order chi connectivity index (χ0) is 21.2. The quantitative estimate of drug-likeness (QED) is 0.307. The summed E-state index contributed by atoms with van der Waals surface area (Å²) >= 11 is 0. The van der Waals surface area contributed by atoms with Crippen molar-refractivity contribution in [2.24, 2.45) is 0 Å². The third-order valence-corrected chi connectivity index (χ3v) is 5.37. The first-order chi connectivity index (χ1) is 15.2. The van der Waals surface area contributed by atoms with Gasteiger partial charge >= 0.3 is 0 Å². The molecule has 0 aliphatic rings. The summed E-state index contributed by atoms with van der Waals surface area (Å²) in [5, 5.41) is 0. The summed E-state index contributed by atoms with van der Waals surface area (Å²) in [7, 11) is 0. The van der Waals surface area contributed by atoms with Crippen LogP contribution in [-0.4, -0.2) is 9.55 Å². The molecule has 0 saturated carbocycles. The molecule has 0 fully saturated rings. The van der Waals surface area contributed by atoms with E-state index in [9.17, 15) is 4.39 Å². The normalized spacial score (nSPS) is 10.9. The van der Waals surface area contributed by atoms with Crippen LogP contribution in [0.1, 0.15) is 5.56 Å². The molecule has 0 spiro atoms. The zero-order valence-electron chi connectivity index (χ0n) is 17.2. The summed E-state index contributed by atoms with van der Waals surface area (Å²) in [5.41, 5.74) is 7.08. The molecule has 150 valence electrons. The van der Waals surface area contributed by atoms with Crippen molar-refractivity contribution in [3.8, 4) is 39.6 Å². The Morgan fingerprint density at radius 2 is 1.19 bits per heavy atom. The van der Waals surface area contributed by atoms with Gasteiger partial charge in [-0.05, 0) is 43.3 Å². The van der Waals surface area contributed by atoms with E-state index in [4.69, 9.17) is 4.98 Å². The molecule has 0 bridgehead atoms. The molecule has 0 saturated heterocycles. The molecular formula is C28H21FN2. The van der Waals surface area contributed by atoms with Crippen LogP contribution in [0.15, 0.2) is 109 Å². The van der Waals surface area contributed by atoms with E-state index in [-0.39, 0.29) is 5.82 Å². The van der Waals surface area contributed by atoms with E-state index in [1.54, 1.807) is 12.1 Å². The molecule has 0 aliphatic heterocycles. The minimum Gasteiger partial charge on any atom is -0.292 e. The molecule has 0 atom stereocenters. The Kier molecular flexibility index (Phi) is 4.93. The van der Waals surface area contributed by atoms with Crippen LogP contribution in [0.3, 0.4) is 0 Å². The third kappa shape index (κ3) is 3.66. The van der Waals surface area contributed by atoms with Crippen molar-refractivity contribution in [2.75, 3.05) is 0 Å². The largest absolute Gasteiger partial charge is 0.292 e. The second kappa shape index (κ2) is 8.04. The first-order valence-electron chi connectivity index (χ1n) is 10.3. The van der Waals surface area contributed by atoms with E-state index in [0.29, 0.717) is 0 Å². The number of aryl methyl sites for hydroxylation is 1. The van der Waals surface area contributed by atoms with Crippen LogP contribution in [0.4, 0.5) is 4.39 Å². The fourth-order valence-electron chi connectivity index (χ4n) is 3.82.